The summed E-state index contributed by atoms with van der Waals surface area (Å²) in [5, 5.41) is 7.94. The number of carbonyl (C=O) groups excluding carboxylic acids is 1. The second kappa shape index (κ2) is 6.76. The van der Waals surface area contributed by atoms with Crippen LogP contribution in [0, 0.1) is 0 Å². The summed E-state index contributed by atoms with van der Waals surface area (Å²) < 4.78 is 1.80. The van der Waals surface area contributed by atoms with Gasteiger partial charge in [0.2, 0.25) is 0 Å². The molecule has 0 bridgehead atoms. The average molecular weight is 306 g/mol. The molecule has 0 saturated heterocycles. The SMILES string of the molecule is CCCc1c(C(=O)NC(C)C)cnn1-c1cccc(Cl)c1. The van der Waals surface area contributed by atoms with Crippen molar-refractivity contribution < 1.29 is 4.79 Å². The number of hydrogen-bond donors (Lipinski definition) is 1. The second-order valence-electron chi connectivity index (χ2n) is 5.27. The van der Waals surface area contributed by atoms with Crippen molar-refractivity contribution in [2.24, 2.45) is 0 Å². The van der Waals surface area contributed by atoms with E-state index in [1.54, 1.807) is 10.9 Å². The van der Waals surface area contributed by atoms with Crippen molar-refractivity contribution in [1.29, 1.82) is 0 Å². The first-order valence-electron chi connectivity index (χ1n) is 7.16. The summed E-state index contributed by atoms with van der Waals surface area (Å²) in [7, 11) is 0. The van der Waals surface area contributed by atoms with Crippen molar-refractivity contribution in [3.63, 3.8) is 0 Å². The first-order chi connectivity index (χ1) is 10.0. The van der Waals surface area contributed by atoms with E-state index in [0.29, 0.717) is 10.6 Å². The molecule has 0 radical (unpaired) electrons. The van der Waals surface area contributed by atoms with Crippen molar-refractivity contribution in [2.75, 3.05) is 0 Å². The fraction of sp³-hybridized carbons (Fsp3) is 0.375. The lowest BCUT2D eigenvalue weighted by molar-refractivity contribution is 0.0942. The molecule has 0 spiro atoms. The fourth-order valence-electron chi connectivity index (χ4n) is 2.21. The molecule has 0 unspecified atom stereocenters. The van der Waals surface area contributed by atoms with E-state index >= 15 is 0 Å². The van der Waals surface area contributed by atoms with E-state index in [1.165, 1.54) is 0 Å². The number of carbonyl (C=O) groups is 1. The Morgan fingerprint density at radius 2 is 2.19 bits per heavy atom. The van der Waals surface area contributed by atoms with Crippen LogP contribution in [0.25, 0.3) is 5.69 Å². The molecule has 0 fully saturated rings. The standard InChI is InChI=1S/C16H20ClN3O/c1-4-6-15-14(16(21)19-11(2)3)10-18-20(15)13-8-5-7-12(17)9-13/h5,7-11H,4,6H2,1-3H3,(H,19,21). The van der Waals surface area contributed by atoms with Gasteiger partial charge in [-0.05, 0) is 38.5 Å². The van der Waals surface area contributed by atoms with Crippen LogP contribution in [0.2, 0.25) is 5.02 Å². The van der Waals surface area contributed by atoms with Crippen LogP contribution < -0.4 is 5.32 Å². The van der Waals surface area contributed by atoms with E-state index in [1.807, 2.05) is 38.1 Å². The number of benzene rings is 1. The molecule has 21 heavy (non-hydrogen) atoms. The fourth-order valence-corrected chi connectivity index (χ4v) is 2.40. The van der Waals surface area contributed by atoms with Crippen molar-refractivity contribution in [2.45, 2.75) is 39.7 Å². The van der Waals surface area contributed by atoms with Gasteiger partial charge < -0.3 is 5.32 Å². The summed E-state index contributed by atoms with van der Waals surface area (Å²) in [5.74, 6) is -0.0817. The van der Waals surface area contributed by atoms with Crippen molar-refractivity contribution in [1.82, 2.24) is 15.1 Å². The Hall–Kier alpha value is -1.81. The zero-order valence-corrected chi connectivity index (χ0v) is 13.3. The highest BCUT2D eigenvalue weighted by Gasteiger charge is 2.18. The highest BCUT2D eigenvalue weighted by Crippen LogP contribution is 2.19. The molecule has 1 aromatic carbocycles. The highest BCUT2D eigenvalue weighted by molar-refractivity contribution is 6.30. The maximum Gasteiger partial charge on any atom is 0.254 e. The summed E-state index contributed by atoms with van der Waals surface area (Å²) in [4.78, 5) is 12.3. The highest BCUT2D eigenvalue weighted by atomic mass is 35.5. The Kier molecular flexibility index (Phi) is 5.02. The Morgan fingerprint density at radius 1 is 1.43 bits per heavy atom. The van der Waals surface area contributed by atoms with Gasteiger partial charge in [0.15, 0.2) is 0 Å². The summed E-state index contributed by atoms with van der Waals surface area (Å²) in [5.41, 5.74) is 2.41. The predicted molar refractivity (Wildman–Crippen MR) is 85.2 cm³/mol. The minimum absolute atomic E-state index is 0.0817. The van der Waals surface area contributed by atoms with Crippen LogP contribution in [-0.2, 0) is 6.42 Å². The molecule has 0 aliphatic carbocycles. The van der Waals surface area contributed by atoms with E-state index in [0.717, 1.165) is 24.2 Å². The van der Waals surface area contributed by atoms with Gasteiger partial charge in [-0.2, -0.15) is 5.10 Å². The van der Waals surface area contributed by atoms with E-state index in [4.69, 9.17) is 11.6 Å². The maximum absolute atomic E-state index is 12.3. The van der Waals surface area contributed by atoms with Gasteiger partial charge in [-0.1, -0.05) is 31.0 Å². The zero-order chi connectivity index (χ0) is 15.4. The molecule has 2 aromatic rings. The first-order valence-corrected chi connectivity index (χ1v) is 7.54. The molecule has 1 aromatic heterocycles. The lowest BCUT2D eigenvalue weighted by atomic mass is 10.1. The summed E-state index contributed by atoms with van der Waals surface area (Å²) in [6.45, 7) is 5.97. The van der Waals surface area contributed by atoms with Crippen molar-refractivity contribution >= 4 is 17.5 Å². The van der Waals surface area contributed by atoms with Crippen LogP contribution in [-0.4, -0.2) is 21.7 Å². The number of hydrogen-bond acceptors (Lipinski definition) is 2. The van der Waals surface area contributed by atoms with E-state index < -0.39 is 0 Å². The first kappa shape index (κ1) is 15.6. The lowest BCUT2D eigenvalue weighted by Crippen LogP contribution is -2.30. The van der Waals surface area contributed by atoms with Crippen molar-refractivity contribution in [3.8, 4) is 5.69 Å². The average Bonchev–Trinajstić information content (AvgIpc) is 2.82. The van der Waals surface area contributed by atoms with Crippen LogP contribution in [0.5, 0.6) is 0 Å². The van der Waals surface area contributed by atoms with Gasteiger partial charge in [-0.15, -0.1) is 0 Å². The maximum atomic E-state index is 12.3. The summed E-state index contributed by atoms with van der Waals surface area (Å²) >= 11 is 6.04. The normalized spacial score (nSPS) is 10.9. The van der Waals surface area contributed by atoms with Crippen LogP contribution in [0.15, 0.2) is 30.5 Å². The van der Waals surface area contributed by atoms with Crippen LogP contribution >= 0.6 is 11.6 Å². The number of amides is 1. The molecule has 1 amide bonds. The Bertz CT molecular complexity index is 634. The molecule has 0 aliphatic heterocycles. The molecule has 5 heteroatoms. The minimum Gasteiger partial charge on any atom is -0.350 e. The Morgan fingerprint density at radius 3 is 2.81 bits per heavy atom. The Balaban J connectivity index is 2.43. The predicted octanol–water partition coefficient (Wildman–Crippen LogP) is 3.62. The summed E-state index contributed by atoms with van der Waals surface area (Å²) in [6, 6.07) is 7.57. The van der Waals surface area contributed by atoms with Gasteiger partial charge in [0, 0.05) is 11.1 Å². The van der Waals surface area contributed by atoms with Gasteiger partial charge in [-0.25, -0.2) is 4.68 Å². The summed E-state index contributed by atoms with van der Waals surface area (Å²) in [6.07, 6.45) is 3.35. The molecule has 0 aliphatic rings. The van der Waals surface area contributed by atoms with E-state index in [2.05, 4.69) is 17.3 Å². The molecular weight excluding hydrogens is 286 g/mol. The second-order valence-corrected chi connectivity index (χ2v) is 5.71. The number of halogens is 1. The van der Waals surface area contributed by atoms with Gasteiger partial charge in [0.1, 0.15) is 0 Å². The van der Waals surface area contributed by atoms with Gasteiger partial charge >= 0.3 is 0 Å². The molecule has 4 nitrogen and oxygen atoms in total. The molecule has 1 heterocycles. The lowest BCUT2D eigenvalue weighted by Gasteiger charge is -2.11. The minimum atomic E-state index is -0.0817. The molecule has 2 rings (SSSR count). The third kappa shape index (κ3) is 3.64. The van der Waals surface area contributed by atoms with Gasteiger partial charge in [0.25, 0.3) is 5.91 Å². The molecular formula is C16H20ClN3O. The topological polar surface area (TPSA) is 46.9 Å². The number of aromatic nitrogens is 2. The number of rotatable bonds is 5. The van der Waals surface area contributed by atoms with Gasteiger partial charge in [0.05, 0.1) is 23.1 Å². The largest absolute Gasteiger partial charge is 0.350 e. The van der Waals surface area contributed by atoms with Crippen LogP contribution in [0.4, 0.5) is 0 Å². The number of nitrogens with zero attached hydrogens (tertiary/aromatic N) is 2. The third-order valence-corrected chi connectivity index (χ3v) is 3.31. The van der Waals surface area contributed by atoms with Crippen molar-refractivity contribution in [3.05, 3.63) is 46.7 Å². The molecule has 1 N–H and O–H groups in total. The Labute approximate surface area is 130 Å². The van der Waals surface area contributed by atoms with Crippen LogP contribution in [0.3, 0.4) is 0 Å². The van der Waals surface area contributed by atoms with E-state index in [9.17, 15) is 4.79 Å². The zero-order valence-electron chi connectivity index (χ0n) is 12.6. The van der Waals surface area contributed by atoms with E-state index in [-0.39, 0.29) is 11.9 Å². The molecule has 0 atom stereocenters. The third-order valence-electron chi connectivity index (χ3n) is 3.07. The quantitative estimate of drug-likeness (QED) is 0.917. The van der Waals surface area contributed by atoms with Crippen LogP contribution in [0.1, 0.15) is 43.2 Å². The molecule has 0 saturated carbocycles. The molecule has 112 valence electrons. The smallest absolute Gasteiger partial charge is 0.254 e. The monoisotopic (exact) mass is 305 g/mol. The number of nitrogens with one attached hydrogen (secondary N) is 1. The van der Waals surface area contributed by atoms with Gasteiger partial charge in [-0.3, -0.25) is 4.79 Å².